The smallest absolute Gasteiger partial charge is 0.407 e. The molecule has 2 heterocycles. The van der Waals surface area contributed by atoms with Crippen molar-refractivity contribution in [1.29, 1.82) is 0 Å². The summed E-state index contributed by atoms with van der Waals surface area (Å²) in [6.07, 6.45) is 1.42. The predicted molar refractivity (Wildman–Crippen MR) is 57.0 cm³/mol. The number of hydrogen-bond donors (Lipinski definition) is 3. The number of carbonyl (C=O) groups is 1. The van der Waals surface area contributed by atoms with Crippen LogP contribution in [0, 0.1) is 5.92 Å². The largest absolute Gasteiger partial charge is 0.465 e. The van der Waals surface area contributed by atoms with Gasteiger partial charge in [0.05, 0.1) is 6.04 Å². The van der Waals surface area contributed by atoms with Crippen molar-refractivity contribution in [2.24, 2.45) is 5.92 Å². The first-order valence-electron chi connectivity index (χ1n) is 5.70. The summed E-state index contributed by atoms with van der Waals surface area (Å²) in [4.78, 5) is 12.7. The van der Waals surface area contributed by atoms with Crippen LogP contribution in [0.1, 0.15) is 12.8 Å². The van der Waals surface area contributed by atoms with E-state index in [9.17, 15) is 4.79 Å². The second kappa shape index (κ2) is 4.81. The van der Waals surface area contributed by atoms with E-state index >= 15 is 0 Å². The van der Waals surface area contributed by atoms with Crippen LogP contribution < -0.4 is 10.6 Å². The maximum atomic E-state index is 11.1. The van der Waals surface area contributed by atoms with Gasteiger partial charge in [-0.3, -0.25) is 0 Å². The van der Waals surface area contributed by atoms with E-state index in [1.54, 1.807) is 4.90 Å². The molecule has 2 aliphatic heterocycles. The van der Waals surface area contributed by atoms with E-state index in [0.717, 1.165) is 39.0 Å². The van der Waals surface area contributed by atoms with Gasteiger partial charge in [0.2, 0.25) is 0 Å². The van der Waals surface area contributed by atoms with Gasteiger partial charge in [0.1, 0.15) is 0 Å². The second-order valence-electron chi connectivity index (χ2n) is 4.33. The number of piperazine rings is 1. The average Bonchev–Trinajstić information content (AvgIpc) is 2.30. The monoisotopic (exact) mass is 213 g/mol. The van der Waals surface area contributed by atoms with Crippen molar-refractivity contribution in [1.82, 2.24) is 15.5 Å². The number of nitrogens with zero attached hydrogens (tertiary/aromatic N) is 1. The number of carboxylic acid groups (broad SMARTS) is 1. The Morgan fingerprint density at radius 1 is 1.20 bits per heavy atom. The molecular weight excluding hydrogens is 194 g/mol. The number of rotatable bonds is 1. The molecule has 1 unspecified atom stereocenters. The summed E-state index contributed by atoms with van der Waals surface area (Å²) in [5, 5.41) is 15.7. The maximum absolute atomic E-state index is 11.1. The minimum atomic E-state index is -0.764. The topological polar surface area (TPSA) is 64.6 Å². The van der Waals surface area contributed by atoms with E-state index in [1.807, 2.05) is 0 Å². The van der Waals surface area contributed by atoms with Gasteiger partial charge < -0.3 is 20.6 Å². The molecule has 1 amide bonds. The molecule has 2 fully saturated rings. The number of piperidine rings is 1. The molecule has 3 N–H and O–H groups in total. The van der Waals surface area contributed by atoms with Gasteiger partial charge in [0.15, 0.2) is 0 Å². The third-order valence-corrected chi connectivity index (χ3v) is 3.46. The van der Waals surface area contributed by atoms with Gasteiger partial charge in [-0.05, 0) is 31.8 Å². The predicted octanol–water partition coefficient (Wildman–Crippen LogP) is -0.0622. The van der Waals surface area contributed by atoms with Crippen LogP contribution in [0.4, 0.5) is 4.79 Å². The Morgan fingerprint density at radius 2 is 1.93 bits per heavy atom. The van der Waals surface area contributed by atoms with E-state index in [4.69, 9.17) is 5.11 Å². The lowest BCUT2D eigenvalue weighted by Gasteiger charge is -2.40. The summed E-state index contributed by atoms with van der Waals surface area (Å²) in [7, 11) is 0. The fraction of sp³-hybridized carbons (Fsp3) is 0.900. The maximum Gasteiger partial charge on any atom is 0.407 e. The van der Waals surface area contributed by atoms with E-state index in [0.29, 0.717) is 12.5 Å². The molecule has 0 aromatic heterocycles. The lowest BCUT2D eigenvalue weighted by Crippen LogP contribution is -2.57. The molecule has 0 saturated carbocycles. The number of amides is 1. The molecule has 5 heteroatoms. The minimum absolute atomic E-state index is 0.179. The summed E-state index contributed by atoms with van der Waals surface area (Å²) in [5.41, 5.74) is 0. The first-order valence-corrected chi connectivity index (χ1v) is 5.70. The van der Waals surface area contributed by atoms with Crippen LogP contribution >= 0.6 is 0 Å². The van der Waals surface area contributed by atoms with Crippen LogP contribution in [-0.4, -0.2) is 54.9 Å². The van der Waals surface area contributed by atoms with Gasteiger partial charge in [-0.2, -0.15) is 0 Å². The zero-order valence-electron chi connectivity index (χ0n) is 8.91. The highest BCUT2D eigenvalue weighted by Gasteiger charge is 2.33. The van der Waals surface area contributed by atoms with Crippen molar-refractivity contribution in [2.45, 2.75) is 18.9 Å². The van der Waals surface area contributed by atoms with Crippen LogP contribution in [0.25, 0.3) is 0 Å². The zero-order valence-corrected chi connectivity index (χ0v) is 8.91. The van der Waals surface area contributed by atoms with Gasteiger partial charge in [-0.15, -0.1) is 0 Å². The van der Waals surface area contributed by atoms with Crippen LogP contribution in [0.3, 0.4) is 0 Å². The molecule has 0 bridgehead atoms. The first-order chi connectivity index (χ1) is 7.29. The summed E-state index contributed by atoms with van der Waals surface area (Å²) in [6.45, 7) is 4.28. The Bertz CT molecular complexity index is 229. The molecule has 0 radical (unpaired) electrons. The number of hydrogen-bond acceptors (Lipinski definition) is 3. The highest BCUT2D eigenvalue weighted by atomic mass is 16.4. The van der Waals surface area contributed by atoms with Crippen LogP contribution in [-0.2, 0) is 0 Å². The quantitative estimate of drug-likeness (QED) is 0.571. The second-order valence-corrected chi connectivity index (χ2v) is 4.33. The van der Waals surface area contributed by atoms with E-state index in [1.165, 1.54) is 0 Å². The Morgan fingerprint density at radius 3 is 2.60 bits per heavy atom. The third-order valence-electron chi connectivity index (χ3n) is 3.46. The normalized spacial score (nSPS) is 29.1. The Balaban J connectivity index is 1.99. The molecule has 0 aromatic carbocycles. The van der Waals surface area contributed by atoms with Gasteiger partial charge in [-0.1, -0.05) is 0 Å². The summed E-state index contributed by atoms with van der Waals surface area (Å²) >= 11 is 0. The van der Waals surface area contributed by atoms with Crippen molar-refractivity contribution in [3.05, 3.63) is 0 Å². The van der Waals surface area contributed by atoms with Crippen LogP contribution in [0.5, 0.6) is 0 Å². The Labute approximate surface area is 89.8 Å². The molecule has 0 aromatic rings. The van der Waals surface area contributed by atoms with Crippen LogP contribution in [0.15, 0.2) is 0 Å². The zero-order chi connectivity index (χ0) is 10.7. The van der Waals surface area contributed by atoms with Crippen molar-refractivity contribution in [3.8, 4) is 0 Å². The minimum Gasteiger partial charge on any atom is -0.465 e. The lowest BCUT2D eigenvalue weighted by molar-refractivity contribution is 0.0810. The van der Waals surface area contributed by atoms with Crippen molar-refractivity contribution >= 4 is 6.09 Å². The molecular formula is C10H19N3O2. The van der Waals surface area contributed by atoms with Crippen molar-refractivity contribution in [2.75, 3.05) is 32.7 Å². The van der Waals surface area contributed by atoms with Gasteiger partial charge >= 0.3 is 6.09 Å². The molecule has 2 saturated heterocycles. The van der Waals surface area contributed by atoms with Gasteiger partial charge in [0, 0.05) is 19.6 Å². The molecule has 2 rings (SSSR count). The Kier molecular flexibility index (Phi) is 3.43. The molecule has 1 atom stereocenters. The number of nitrogens with one attached hydrogen (secondary N) is 2. The third kappa shape index (κ3) is 2.41. The highest BCUT2D eigenvalue weighted by molar-refractivity contribution is 5.65. The fourth-order valence-corrected chi connectivity index (χ4v) is 2.61. The highest BCUT2D eigenvalue weighted by Crippen LogP contribution is 2.22. The SMILES string of the molecule is O=C(O)N1CCNCC1C1CCNCC1. The molecule has 0 aliphatic carbocycles. The molecule has 0 spiro atoms. The first kappa shape index (κ1) is 10.7. The van der Waals surface area contributed by atoms with E-state index < -0.39 is 6.09 Å². The summed E-state index contributed by atoms with van der Waals surface area (Å²) in [6, 6.07) is 0.179. The van der Waals surface area contributed by atoms with Gasteiger partial charge in [0.25, 0.3) is 0 Å². The van der Waals surface area contributed by atoms with Crippen molar-refractivity contribution < 1.29 is 9.90 Å². The summed E-state index contributed by atoms with van der Waals surface area (Å²) < 4.78 is 0. The Hall–Kier alpha value is -0.810. The molecule has 15 heavy (non-hydrogen) atoms. The molecule has 86 valence electrons. The average molecular weight is 213 g/mol. The van der Waals surface area contributed by atoms with E-state index in [-0.39, 0.29) is 6.04 Å². The van der Waals surface area contributed by atoms with Crippen molar-refractivity contribution in [3.63, 3.8) is 0 Å². The fourth-order valence-electron chi connectivity index (χ4n) is 2.61. The molecule has 5 nitrogen and oxygen atoms in total. The standard InChI is InChI=1S/C10H19N3O2/c14-10(15)13-6-5-12-7-9(13)8-1-3-11-4-2-8/h8-9,11-12H,1-7H2,(H,14,15). The lowest BCUT2D eigenvalue weighted by atomic mass is 9.88. The van der Waals surface area contributed by atoms with Crippen LogP contribution in [0.2, 0.25) is 0 Å². The van der Waals surface area contributed by atoms with Gasteiger partial charge in [-0.25, -0.2) is 4.79 Å². The van der Waals surface area contributed by atoms with E-state index in [2.05, 4.69) is 10.6 Å². The molecule has 2 aliphatic rings. The summed E-state index contributed by atoms with van der Waals surface area (Å²) in [5.74, 6) is 0.523.